The van der Waals surface area contributed by atoms with Crippen molar-refractivity contribution < 1.29 is 4.42 Å². The average molecular weight is 207 g/mol. The van der Waals surface area contributed by atoms with Crippen molar-refractivity contribution in [2.75, 3.05) is 0 Å². The van der Waals surface area contributed by atoms with Crippen LogP contribution in [0.3, 0.4) is 0 Å². The summed E-state index contributed by atoms with van der Waals surface area (Å²) in [5, 5.41) is 2.09. The second-order valence-electron chi connectivity index (χ2n) is 3.20. The van der Waals surface area contributed by atoms with Gasteiger partial charge in [0.15, 0.2) is 0 Å². The topological polar surface area (TPSA) is 39.2 Å². The third kappa shape index (κ3) is 1.61. The van der Waals surface area contributed by atoms with Gasteiger partial charge in [0.1, 0.15) is 0 Å². The number of hydrogen-bond acceptors (Lipinski definition) is 3. The summed E-state index contributed by atoms with van der Waals surface area (Å²) in [4.78, 5) is 1.24. The van der Waals surface area contributed by atoms with E-state index in [9.17, 15) is 0 Å². The Morgan fingerprint density at radius 1 is 1.50 bits per heavy atom. The summed E-state index contributed by atoms with van der Waals surface area (Å²) in [6.45, 7) is 2.15. The monoisotopic (exact) mass is 207 g/mol. The number of rotatable bonds is 3. The fraction of sp³-hybridized carbons (Fsp3) is 0.273. The second-order valence-corrected chi connectivity index (χ2v) is 4.15. The van der Waals surface area contributed by atoms with Crippen molar-refractivity contribution in [1.82, 2.24) is 0 Å². The van der Waals surface area contributed by atoms with Gasteiger partial charge in [-0.05, 0) is 29.5 Å². The Morgan fingerprint density at radius 2 is 2.36 bits per heavy atom. The smallest absolute Gasteiger partial charge is 0.0954 e. The normalized spacial score (nSPS) is 13.0. The Kier molecular flexibility index (Phi) is 2.70. The van der Waals surface area contributed by atoms with Crippen LogP contribution in [0.15, 0.2) is 34.5 Å². The molecule has 0 aromatic carbocycles. The molecule has 3 heteroatoms. The minimum absolute atomic E-state index is 0.0382. The summed E-state index contributed by atoms with van der Waals surface area (Å²) in [5.41, 5.74) is 8.51. The summed E-state index contributed by atoms with van der Waals surface area (Å²) < 4.78 is 5.03. The Balaban J connectivity index is 2.31. The fourth-order valence-electron chi connectivity index (χ4n) is 1.52. The highest BCUT2D eigenvalue weighted by Crippen LogP contribution is 2.28. The first-order valence-corrected chi connectivity index (χ1v) is 5.54. The van der Waals surface area contributed by atoms with Crippen LogP contribution in [-0.2, 0) is 6.42 Å². The van der Waals surface area contributed by atoms with Crippen LogP contribution in [0.5, 0.6) is 0 Å². The van der Waals surface area contributed by atoms with E-state index >= 15 is 0 Å². The summed E-state index contributed by atoms with van der Waals surface area (Å²) in [6.07, 6.45) is 4.41. The molecular formula is C11H13NOS. The molecule has 2 aromatic heterocycles. The van der Waals surface area contributed by atoms with Crippen molar-refractivity contribution in [3.63, 3.8) is 0 Å². The van der Waals surface area contributed by atoms with Crippen LogP contribution >= 0.6 is 11.3 Å². The summed E-state index contributed by atoms with van der Waals surface area (Å²) in [5.74, 6) is 0. The molecule has 0 aliphatic rings. The summed E-state index contributed by atoms with van der Waals surface area (Å²) >= 11 is 1.71. The van der Waals surface area contributed by atoms with Crippen LogP contribution in [-0.4, -0.2) is 0 Å². The molecule has 1 unspecified atom stereocenters. The van der Waals surface area contributed by atoms with Crippen molar-refractivity contribution in [2.24, 2.45) is 5.73 Å². The molecule has 0 aliphatic heterocycles. The van der Waals surface area contributed by atoms with Crippen LogP contribution in [0.25, 0.3) is 0 Å². The first-order valence-electron chi connectivity index (χ1n) is 4.67. The highest BCUT2D eigenvalue weighted by molar-refractivity contribution is 7.10. The van der Waals surface area contributed by atoms with E-state index in [-0.39, 0.29) is 6.04 Å². The SMILES string of the molecule is CCc1ccsc1C(N)c1ccoc1. The van der Waals surface area contributed by atoms with Crippen molar-refractivity contribution in [1.29, 1.82) is 0 Å². The third-order valence-electron chi connectivity index (χ3n) is 2.35. The van der Waals surface area contributed by atoms with Gasteiger partial charge in [0.05, 0.1) is 18.6 Å². The van der Waals surface area contributed by atoms with Crippen LogP contribution in [0.2, 0.25) is 0 Å². The minimum Gasteiger partial charge on any atom is -0.472 e. The summed E-state index contributed by atoms with van der Waals surface area (Å²) in [6, 6.07) is 4.02. The third-order valence-corrected chi connectivity index (χ3v) is 3.39. The van der Waals surface area contributed by atoms with Gasteiger partial charge in [0.25, 0.3) is 0 Å². The molecule has 2 aromatic rings. The van der Waals surface area contributed by atoms with Gasteiger partial charge < -0.3 is 10.2 Å². The van der Waals surface area contributed by atoms with Gasteiger partial charge in [-0.25, -0.2) is 0 Å². The Labute approximate surface area is 87.4 Å². The molecular weight excluding hydrogens is 194 g/mol. The number of aryl methyl sites for hydroxylation is 1. The first-order chi connectivity index (χ1) is 6.83. The highest BCUT2D eigenvalue weighted by atomic mass is 32.1. The van der Waals surface area contributed by atoms with Gasteiger partial charge in [-0.15, -0.1) is 11.3 Å². The largest absolute Gasteiger partial charge is 0.472 e. The van der Waals surface area contributed by atoms with Crippen LogP contribution in [0, 0.1) is 0 Å². The van der Waals surface area contributed by atoms with E-state index in [1.54, 1.807) is 23.9 Å². The lowest BCUT2D eigenvalue weighted by atomic mass is 10.1. The average Bonchev–Trinajstić information content (AvgIpc) is 2.87. The van der Waals surface area contributed by atoms with Gasteiger partial charge in [0, 0.05) is 10.4 Å². The van der Waals surface area contributed by atoms with E-state index in [1.807, 2.05) is 6.07 Å². The Morgan fingerprint density at radius 3 is 3.00 bits per heavy atom. The van der Waals surface area contributed by atoms with Gasteiger partial charge in [-0.1, -0.05) is 6.92 Å². The van der Waals surface area contributed by atoms with Gasteiger partial charge in [-0.2, -0.15) is 0 Å². The van der Waals surface area contributed by atoms with Crippen LogP contribution in [0.4, 0.5) is 0 Å². The second kappa shape index (κ2) is 3.98. The maximum Gasteiger partial charge on any atom is 0.0954 e. The molecule has 14 heavy (non-hydrogen) atoms. The van der Waals surface area contributed by atoms with E-state index < -0.39 is 0 Å². The fourth-order valence-corrected chi connectivity index (χ4v) is 2.54. The number of furan rings is 1. The van der Waals surface area contributed by atoms with Crippen molar-refractivity contribution >= 4 is 11.3 Å². The zero-order chi connectivity index (χ0) is 9.97. The zero-order valence-electron chi connectivity index (χ0n) is 8.07. The van der Waals surface area contributed by atoms with Crippen molar-refractivity contribution in [2.45, 2.75) is 19.4 Å². The highest BCUT2D eigenvalue weighted by Gasteiger charge is 2.14. The lowest BCUT2D eigenvalue weighted by Gasteiger charge is -2.09. The molecule has 0 spiro atoms. The summed E-state index contributed by atoms with van der Waals surface area (Å²) in [7, 11) is 0. The molecule has 0 saturated carbocycles. The van der Waals surface area contributed by atoms with Crippen molar-refractivity contribution in [3.05, 3.63) is 46.0 Å². The zero-order valence-corrected chi connectivity index (χ0v) is 8.88. The lowest BCUT2D eigenvalue weighted by Crippen LogP contribution is -2.10. The predicted octanol–water partition coefficient (Wildman–Crippen LogP) is 2.95. The van der Waals surface area contributed by atoms with Gasteiger partial charge in [0.2, 0.25) is 0 Å². The molecule has 2 heterocycles. The Hall–Kier alpha value is -1.06. The standard InChI is InChI=1S/C11H13NOS/c1-2-8-4-6-14-11(8)10(12)9-3-5-13-7-9/h3-7,10H,2,12H2,1H3. The lowest BCUT2D eigenvalue weighted by molar-refractivity contribution is 0.562. The van der Waals surface area contributed by atoms with Gasteiger partial charge >= 0.3 is 0 Å². The quantitative estimate of drug-likeness (QED) is 0.840. The van der Waals surface area contributed by atoms with E-state index in [0.29, 0.717) is 0 Å². The molecule has 74 valence electrons. The maximum absolute atomic E-state index is 6.13. The molecule has 0 fully saturated rings. The van der Waals surface area contributed by atoms with E-state index in [4.69, 9.17) is 10.2 Å². The van der Waals surface area contributed by atoms with E-state index in [2.05, 4.69) is 18.4 Å². The van der Waals surface area contributed by atoms with Crippen LogP contribution in [0.1, 0.15) is 29.0 Å². The van der Waals surface area contributed by atoms with E-state index in [1.165, 1.54) is 10.4 Å². The molecule has 0 amide bonds. The van der Waals surface area contributed by atoms with Crippen molar-refractivity contribution in [3.8, 4) is 0 Å². The molecule has 0 radical (unpaired) electrons. The molecule has 0 aliphatic carbocycles. The minimum atomic E-state index is -0.0382. The molecule has 1 atom stereocenters. The molecule has 2 rings (SSSR count). The molecule has 2 nitrogen and oxygen atoms in total. The molecule has 0 saturated heterocycles. The first kappa shape index (κ1) is 9.49. The Bertz CT molecular complexity index is 391. The number of thiophene rings is 1. The molecule has 2 N–H and O–H groups in total. The number of hydrogen-bond donors (Lipinski definition) is 1. The number of nitrogens with two attached hydrogens (primary N) is 1. The van der Waals surface area contributed by atoms with E-state index in [0.717, 1.165) is 12.0 Å². The predicted molar refractivity (Wildman–Crippen MR) is 58.4 cm³/mol. The molecule has 0 bridgehead atoms. The van der Waals surface area contributed by atoms with Gasteiger partial charge in [-0.3, -0.25) is 0 Å². The van der Waals surface area contributed by atoms with Crippen LogP contribution < -0.4 is 5.73 Å². The maximum atomic E-state index is 6.13.